The Morgan fingerprint density at radius 1 is 1.26 bits per heavy atom. The average molecular weight is 400 g/mol. The molecule has 0 saturated heterocycles. The molecule has 0 aromatic carbocycles. The van der Waals surface area contributed by atoms with Crippen molar-refractivity contribution in [3.8, 4) is 0 Å². The molecule has 1 N–H and O–H groups in total. The fraction of sp³-hybridized carbons (Fsp3) is 0.667. The van der Waals surface area contributed by atoms with E-state index in [0.29, 0.717) is 0 Å². The van der Waals surface area contributed by atoms with E-state index < -0.39 is 16.0 Å². The third kappa shape index (κ3) is 5.55. The van der Waals surface area contributed by atoms with Gasteiger partial charge in [0.05, 0.1) is 13.2 Å². The molecule has 2 rings (SSSR count). The summed E-state index contributed by atoms with van der Waals surface area (Å²) in [5, 5.41) is 2.94. The molecule has 27 heavy (non-hydrogen) atoms. The molecule has 0 bridgehead atoms. The van der Waals surface area contributed by atoms with Gasteiger partial charge in [-0.25, -0.2) is 13.2 Å². The molecule has 8 nitrogen and oxygen atoms in total. The van der Waals surface area contributed by atoms with Gasteiger partial charge in [-0.3, -0.25) is 4.79 Å². The number of carbonyl (C=O) groups excluding carboxylic acids is 2. The van der Waals surface area contributed by atoms with E-state index in [9.17, 15) is 18.0 Å². The Kier molecular flexibility index (Phi) is 7.43. The van der Waals surface area contributed by atoms with Crippen molar-refractivity contribution < 1.29 is 22.7 Å². The lowest BCUT2D eigenvalue weighted by Gasteiger charge is -2.20. The van der Waals surface area contributed by atoms with E-state index in [1.54, 1.807) is 14.0 Å². The van der Waals surface area contributed by atoms with Crippen LogP contribution in [-0.4, -0.2) is 55.4 Å². The molecule has 152 valence electrons. The maximum absolute atomic E-state index is 12.7. The van der Waals surface area contributed by atoms with Gasteiger partial charge in [-0.05, 0) is 25.8 Å². The minimum atomic E-state index is -3.89. The first-order valence-corrected chi connectivity index (χ1v) is 10.8. The Balaban J connectivity index is 2.03. The third-order valence-corrected chi connectivity index (χ3v) is 6.53. The minimum absolute atomic E-state index is 0.0437. The fourth-order valence-corrected chi connectivity index (χ4v) is 4.45. The Bertz CT molecular complexity index is 764. The quantitative estimate of drug-likeness (QED) is 0.555. The second-order valence-electron chi connectivity index (χ2n) is 6.91. The predicted molar refractivity (Wildman–Crippen MR) is 101 cm³/mol. The fourth-order valence-electron chi connectivity index (χ4n) is 3.25. The monoisotopic (exact) mass is 399 g/mol. The third-order valence-electron chi connectivity index (χ3n) is 4.76. The van der Waals surface area contributed by atoms with E-state index in [-0.39, 0.29) is 35.7 Å². The van der Waals surface area contributed by atoms with Gasteiger partial charge in [0.1, 0.15) is 10.6 Å². The lowest BCUT2D eigenvalue weighted by atomic mass is 10.1. The number of rotatable bonds is 7. The van der Waals surface area contributed by atoms with Gasteiger partial charge in [-0.15, -0.1) is 0 Å². The summed E-state index contributed by atoms with van der Waals surface area (Å²) in [5.74, 6) is -0.898. The van der Waals surface area contributed by atoms with Crippen molar-refractivity contribution in [2.45, 2.75) is 56.4 Å². The molecule has 1 amide bonds. The van der Waals surface area contributed by atoms with Gasteiger partial charge in [0.25, 0.3) is 0 Å². The van der Waals surface area contributed by atoms with Gasteiger partial charge in [0, 0.05) is 26.3 Å². The van der Waals surface area contributed by atoms with Crippen LogP contribution in [0.1, 0.15) is 55.9 Å². The number of nitrogens with one attached hydrogen (secondary N) is 1. The molecular formula is C18H29N3O5S. The summed E-state index contributed by atoms with van der Waals surface area (Å²) in [4.78, 5) is 24.1. The second kappa shape index (κ2) is 9.36. The predicted octanol–water partition coefficient (Wildman–Crippen LogP) is 1.66. The first-order valence-electron chi connectivity index (χ1n) is 9.35. The highest BCUT2D eigenvalue weighted by atomic mass is 32.2. The van der Waals surface area contributed by atoms with E-state index in [1.807, 2.05) is 0 Å². The molecule has 1 aromatic rings. The highest BCUT2D eigenvalue weighted by molar-refractivity contribution is 7.89. The molecule has 0 aliphatic heterocycles. The first-order chi connectivity index (χ1) is 12.8. The van der Waals surface area contributed by atoms with Crippen molar-refractivity contribution in [2.75, 3.05) is 20.2 Å². The number of esters is 1. The van der Waals surface area contributed by atoms with Gasteiger partial charge in [-0.1, -0.05) is 25.7 Å². The molecule has 0 radical (unpaired) electrons. The molecule has 0 spiro atoms. The molecule has 9 heteroatoms. The van der Waals surface area contributed by atoms with E-state index in [1.165, 1.54) is 36.7 Å². The topological polar surface area (TPSA) is 97.7 Å². The zero-order valence-corrected chi connectivity index (χ0v) is 17.0. The van der Waals surface area contributed by atoms with Gasteiger partial charge in [0.2, 0.25) is 15.9 Å². The van der Waals surface area contributed by atoms with Crippen molar-refractivity contribution in [1.82, 2.24) is 14.2 Å². The number of sulfonamides is 1. The maximum Gasteiger partial charge on any atom is 0.354 e. The molecule has 0 atom stereocenters. The largest absolute Gasteiger partial charge is 0.461 e. The van der Waals surface area contributed by atoms with Gasteiger partial charge in [-0.2, -0.15) is 4.31 Å². The number of nitrogens with zero attached hydrogens (tertiary/aromatic N) is 2. The Hall–Kier alpha value is -1.87. The van der Waals surface area contributed by atoms with E-state index in [2.05, 4.69) is 5.32 Å². The number of likely N-dealkylation sites (N-methyl/N-ethyl adjacent to an activating group) is 1. The zero-order valence-electron chi connectivity index (χ0n) is 16.2. The van der Waals surface area contributed by atoms with Crippen molar-refractivity contribution >= 4 is 21.9 Å². The van der Waals surface area contributed by atoms with Crippen LogP contribution < -0.4 is 5.32 Å². The molecule has 1 saturated carbocycles. The van der Waals surface area contributed by atoms with Gasteiger partial charge >= 0.3 is 5.97 Å². The van der Waals surface area contributed by atoms with Crippen LogP contribution in [0.3, 0.4) is 0 Å². The summed E-state index contributed by atoms with van der Waals surface area (Å²) >= 11 is 0. The highest BCUT2D eigenvalue weighted by Crippen LogP contribution is 2.19. The van der Waals surface area contributed by atoms with E-state index >= 15 is 0 Å². The molecule has 1 aliphatic carbocycles. The van der Waals surface area contributed by atoms with Crippen LogP contribution in [0, 0.1) is 0 Å². The van der Waals surface area contributed by atoms with Crippen LogP contribution in [0.25, 0.3) is 0 Å². The highest BCUT2D eigenvalue weighted by Gasteiger charge is 2.27. The summed E-state index contributed by atoms with van der Waals surface area (Å²) < 4.78 is 32.8. The number of aromatic nitrogens is 1. The van der Waals surface area contributed by atoms with Crippen molar-refractivity contribution in [2.24, 2.45) is 7.05 Å². The number of aryl methyl sites for hydroxylation is 1. The summed E-state index contributed by atoms with van der Waals surface area (Å²) in [5.41, 5.74) is 0.145. The molecule has 1 fully saturated rings. The normalized spacial score (nSPS) is 16.1. The van der Waals surface area contributed by atoms with E-state index in [4.69, 9.17) is 4.74 Å². The van der Waals surface area contributed by atoms with Crippen LogP contribution in [0.4, 0.5) is 0 Å². The molecule has 1 aromatic heterocycles. The Morgan fingerprint density at radius 2 is 1.89 bits per heavy atom. The van der Waals surface area contributed by atoms with Gasteiger partial charge < -0.3 is 14.6 Å². The SMILES string of the molecule is CCOC(=O)c1cc(S(=O)(=O)N(C)CC(=O)NC2CCCCCC2)cn1C. The second-order valence-corrected chi connectivity index (χ2v) is 8.95. The summed E-state index contributed by atoms with van der Waals surface area (Å²) in [7, 11) is -0.955. The number of ether oxygens (including phenoxy) is 1. The summed E-state index contributed by atoms with van der Waals surface area (Å²) in [6.45, 7) is 1.62. The van der Waals surface area contributed by atoms with Crippen LogP contribution in [0.15, 0.2) is 17.2 Å². The van der Waals surface area contributed by atoms with Crippen LogP contribution in [0.5, 0.6) is 0 Å². The van der Waals surface area contributed by atoms with Gasteiger partial charge in [0.15, 0.2) is 0 Å². The minimum Gasteiger partial charge on any atom is -0.461 e. The van der Waals surface area contributed by atoms with Crippen molar-refractivity contribution in [3.63, 3.8) is 0 Å². The summed E-state index contributed by atoms with van der Waals surface area (Å²) in [6.07, 6.45) is 7.74. The number of carbonyl (C=O) groups is 2. The standard InChI is InChI=1S/C18H29N3O5S/c1-4-26-18(23)16-11-15(12-20(16)2)27(24,25)21(3)13-17(22)19-14-9-7-5-6-8-10-14/h11-12,14H,4-10,13H2,1-3H3,(H,19,22). The first kappa shape index (κ1) is 21.4. The summed E-state index contributed by atoms with van der Waals surface area (Å²) in [6, 6.07) is 1.38. The van der Waals surface area contributed by atoms with Crippen LogP contribution in [0.2, 0.25) is 0 Å². The number of hydrogen-bond donors (Lipinski definition) is 1. The molecule has 1 heterocycles. The Morgan fingerprint density at radius 3 is 2.48 bits per heavy atom. The molecule has 1 aliphatic rings. The van der Waals surface area contributed by atoms with Crippen LogP contribution >= 0.6 is 0 Å². The van der Waals surface area contributed by atoms with Crippen LogP contribution in [-0.2, 0) is 26.6 Å². The van der Waals surface area contributed by atoms with Crippen molar-refractivity contribution in [3.05, 3.63) is 18.0 Å². The number of amides is 1. The van der Waals surface area contributed by atoms with E-state index in [0.717, 1.165) is 30.0 Å². The average Bonchev–Trinajstić information content (AvgIpc) is 2.82. The smallest absolute Gasteiger partial charge is 0.354 e. The lowest BCUT2D eigenvalue weighted by molar-refractivity contribution is -0.121. The Labute approximate surface area is 160 Å². The molecule has 0 unspecified atom stereocenters. The van der Waals surface area contributed by atoms with Crippen molar-refractivity contribution in [1.29, 1.82) is 0 Å². The zero-order chi connectivity index (χ0) is 20.0. The lowest BCUT2D eigenvalue weighted by Crippen LogP contribution is -2.42. The molecular weight excluding hydrogens is 370 g/mol. The number of hydrogen-bond acceptors (Lipinski definition) is 5. The maximum atomic E-state index is 12.7.